The third kappa shape index (κ3) is 1.99. The topological polar surface area (TPSA) is 3.24 Å². The Bertz CT molecular complexity index is 148. The van der Waals surface area contributed by atoms with Gasteiger partial charge in [-0.2, -0.15) is 0 Å². The van der Waals surface area contributed by atoms with Crippen LogP contribution in [0.5, 0.6) is 0 Å². The molecular formula is C10H21NSi. The standard InChI is InChI=1S/C10H21NSi/c1-4-12(5-2,6-3)10-11-8-7-9-11/h4H,1,5-10H2,2-3H3. The Morgan fingerprint density at radius 3 is 2.17 bits per heavy atom. The minimum Gasteiger partial charge on any atom is -0.306 e. The fourth-order valence-electron chi connectivity index (χ4n) is 1.81. The summed E-state index contributed by atoms with van der Waals surface area (Å²) in [6.45, 7) is 11.4. The van der Waals surface area contributed by atoms with E-state index in [0.717, 1.165) is 0 Å². The highest BCUT2D eigenvalue weighted by Gasteiger charge is 2.29. The molecule has 1 fully saturated rings. The zero-order valence-corrected chi connectivity index (χ0v) is 9.47. The predicted molar refractivity (Wildman–Crippen MR) is 58.0 cm³/mol. The molecule has 0 aromatic heterocycles. The fourth-order valence-corrected chi connectivity index (χ4v) is 4.67. The maximum Gasteiger partial charge on any atom is 0.0910 e. The first-order valence-electron chi connectivity index (χ1n) is 5.12. The van der Waals surface area contributed by atoms with Gasteiger partial charge >= 0.3 is 0 Å². The quantitative estimate of drug-likeness (QED) is 0.592. The molecule has 0 spiro atoms. The Labute approximate surface area is 77.5 Å². The molecule has 1 aliphatic heterocycles. The lowest BCUT2D eigenvalue weighted by atomic mass is 10.2. The highest BCUT2D eigenvalue weighted by atomic mass is 28.3. The summed E-state index contributed by atoms with van der Waals surface area (Å²) in [6, 6.07) is 2.73. The van der Waals surface area contributed by atoms with E-state index in [1.54, 1.807) is 0 Å². The molecule has 0 unspecified atom stereocenters. The first-order chi connectivity index (χ1) is 5.76. The summed E-state index contributed by atoms with van der Waals surface area (Å²) in [7, 11) is -1.06. The second-order valence-corrected chi connectivity index (χ2v) is 8.77. The Balaban J connectivity index is 2.45. The van der Waals surface area contributed by atoms with Gasteiger partial charge in [-0.05, 0) is 25.7 Å². The molecule has 0 radical (unpaired) electrons. The smallest absolute Gasteiger partial charge is 0.0910 e. The van der Waals surface area contributed by atoms with E-state index in [9.17, 15) is 0 Å². The summed E-state index contributed by atoms with van der Waals surface area (Å²) < 4.78 is 0. The van der Waals surface area contributed by atoms with Gasteiger partial charge in [0.25, 0.3) is 0 Å². The van der Waals surface area contributed by atoms with Crippen LogP contribution in [0.15, 0.2) is 12.3 Å². The minimum absolute atomic E-state index is 1.06. The SMILES string of the molecule is C=C[Si](CC)(CC)CN1CCC1. The number of nitrogens with zero attached hydrogens (tertiary/aromatic N) is 1. The zero-order chi connectivity index (χ0) is 9.03. The van der Waals surface area contributed by atoms with Crippen LogP contribution in [0.1, 0.15) is 20.3 Å². The van der Waals surface area contributed by atoms with Gasteiger partial charge < -0.3 is 4.90 Å². The summed E-state index contributed by atoms with van der Waals surface area (Å²) in [6.07, 6.45) is 2.78. The Hall–Kier alpha value is -0.0831. The van der Waals surface area contributed by atoms with Gasteiger partial charge in [-0.3, -0.25) is 0 Å². The van der Waals surface area contributed by atoms with Gasteiger partial charge in [0.05, 0.1) is 8.07 Å². The van der Waals surface area contributed by atoms with Gasteiger partial charge in [0, 0.05) is 0 Å². The van der Waals surface area contributed by atoms with E-state index < -0.39 is 8.07 Å². The lowest BCUT2D eigenvalue weighted by Crippen LogP contribution is -2.50. The van der Waals surface area contributed by atoms with Crippen molar-refractivity contribution < 1.29 is 0 Å². The Morgan fingerprint density at radius 1 is 1.33 bits per heavy atom. The highest BCUT2D eigenvalue weighted by molar-refractivity contribution is 6.84. The van der Waals surface area contributed by atoms with Crippen molar-refractivity contribution in [3.05, 3.63) is 12.3 Å². The molecule has 0 aliphatic carbocycles. The van der Waals surface area contributed by atoms with Crippen LogP contribution in [0.25, 0.3) is 0 Å². The van der Waals surface area contributed by atoms with Gasteiger partial charge in [-0.15, -0.1) is 12.3 Å². The van der Waals surface area contributed by atoms with Crippen LogP contribution >= 0.6 is 0 Å². The highest BCUT2D eigenvalue weighted by Crippen LogP contribution is 2.20. The molecule has 0 bridgehead atoms. The Kier molecular flexibility index (Phi) is 3.53. The lowest BCUT2D eigenvalue weighted by molar-refractivity contribution is 0.210. The van der Waals surface area contributed by atoms with Crippen LogP contribution in [-0.2, 0) is 0 Å². The molecule has 1 aliphatic rings. The molecule has 0 N–H and O–H groups in total. The zero-order valence-electron chi connectivity index (χ0n) is 8.47. The normalized spacial score (nSPS) is 18.8. The van der Waals surface area contributed by atoms with Crippen LogP contribution in [-0.4, -0.2) is 32.2 Å². The van der Waals surface area contributed by atoms with Crippen molar-refractivity contribution in [2.75, 3.05) is 19.3 Å². The van der Waals surface area contributed by atoms with E-state index in [-0.39, 0.29) is 0 Å². The van der Waals surface area contributed by atoms with E-state index >= 15 is 0 Å². The van der Waals surface area contributed by atoms with E-state index in [0.29, 0.717) is 0 Å². The first kappa shape index (κ1) is 10.0. The summed E-state index contributed by atoms with van der Waals surface area (Å²) in [4.78, 5) is 2.60. The maximum atomic E-state index is 4.02. The summed E-state index contributed by atoms with van der Waals surface area (Å²) in [5.41, 5.74) is 2.30. The monoisotopic (exact) mass is 183 g/mol. The van der Waals surface area contributed by atoms with Crippen LogP contribution in [0, 0.1) is 0 Å². The molecule has 0 aromatic carbocycles. The van der Waals surface area contributed by atoms with Gasteiger partial charge in [0.2, 0.25) is 0 Å². The number of rotatable bonds is 5. The van der Waals surface area contributed by atoms with Crippen molar-refractivity contribution in [1.82, 2.24) is 4.90 Å². The minimum atomic E-state index is -1.06. The Morgan fingerprint density at radius 2 is 1.92 bits per heavy atom. The van der Waals surface area contributed by atoms with Gasteiger partial charge in [0.1, 0.15) is 0 Å². The third-order valence-corrected chi connectivity index (χ3v) is 8.09. The second kappa shape index (κ2) is 4.24. The maximum absolute atomic E-state index is 4.02. The molecule has 70 valence electrons. The molecule has 1 saturated heterocycles. The average molecular weight is 183 g/mol. The van der Waals surface area contributed by atoms with E-state index in [1.807, 2.05) is 0 Å². The first-order valence-corrected chi connectivity index (χ1v) is 7.82. The largest absolute Gasteiger partial charge is 0.306 e. The van der Waals surface area contributed by atoms with Crippen molar-refractivity contribution in [1.29, 1.82) is 0 Å². The van der Waals surface area contributed by atoms with Crippen LogP contribution < -0.4 is 0 Å². The molecule has 1 rings (SSSR count). The molecule has 0 amide bonds. The number of hydrogen-bond acceptors (Lipinski definition) is 1. The molecule has 1 heterocycles. The molecule has 1 nitrogen and oxygen atoms in total. The summed E-state index contributed by atoms with van der Waals surface area (Å²) >= 11 is 0. The van der Waals surface area contributed by atoms with Gasteiger partial charge in [-0.1, -0.05) is 25.9 Å². The summed E-state index contributed by atoms with van der Waals surface area (Å²) in [5, 5.41) is 0. The molecular weight excluding hydrogens is 162 g/mol. The van der Waals surface area contributed by atoms with Crippen molar-refractivity contribution in [2.24, 2.45) is 0 Å². The molecule has 12 heavy (non-hydrogen) atoms. The van der Waals surface area contributed by atoms with E-state index in [1.165, 1.54) is 37.8 Å². The fraction of sp³-hybridized carbons (Fsp3) is 0.800. The van der Waals surface area contributed by atoms with Crippen LogP contribution in [0.2, 0.25) is 12.1 Å². The number of likely N-dealkylation sites (tertiary alicyclic amines) is 1. The van der Waals surface area contributed by atoms with Crippen molar-refractivity contribution in [3.63, 3.8) is 0 Å². The molecule has 0 atom stereocenters. The number of hydrogen-bond donors (Lipinski definition) is 0. The lowest BCUT2D eigenvalue weighted by Gasteiger charge is -2.38. The molecule has 2 heteroatoms. The molecule has 0 saturated carbocycles. The molecule has 0 aromatic rings. The van der Waals surface area contributed by atoms with Gasteiger partial charge in [0.15, 0.2) is 0 Å². The van der Waals surface area contributed by atoms with E-state index in [4.69, 9.17) is 0 Å². The van der Waals surface area contributed by atoms with Crippen LogP contribution in [0.4, 0.5) is 0 Å². The van der Waals surface area contributed by atoms with Crippen molar-refractivity contribution in [3.8, 4) is 0 Å². The second-order valence-electron chi connectivity index (χ2n) is 3.90. The van der Waals surface area contributed by atoms with Gasteiger partial charge in [-0.25, -0.2) is 0 Å². The van der Waals surface area contributed by atoms with Crippen LogP contribution in [0.3, 0.4) is 0 Å². The summed E-state index contributed by atoms with van der Waals surface area (Å²) in [5.74, 6) is 0. The third-order valence-electron chi connectivity index (χ3n) is 3.33. The van der Waals surface area contributed by atoms with E-state index in [2.05, 4.69) is 31.0 Å². The van der Waals surface area contributed by atoms with Crippen molar-refractivity contribution in [2.45, 2.75) is 32.4 Å². The average Bonchev–Trinajstić information content (AvgIpc) is 2.05. The van der Waals surface area contributed by atoms with Crippen molar-refractivity contribution >= 4 is 8.07 Å². The predicted octanol–water partition coefficient (Wildman–Crippen LogP) is 2.45.